The molecule has 9 heteroatoms. The number of aryl methyl sites for hydroxylation is 1. The maximum Gasteiger partial charge on any atom is 0.269 e. The average molecular weight is 374 g/mol. The number of nitrogens with zero attached hydrogens (tertiary/aromatic N) is 5. The van der Waals surface area contributed by atoms with E-state index in [2.05, 4.69) is 20.4 Å². The monoisotopic (exact) mass is 374 g/mol. The maximum absolute atomic E-state index is 12.4. The summed E-state index contributed by atoms with van der Waals surface area (Å²) >= 11 is 0. The van der Waals surface area contributed by atoms with Gasteiger partial charge >= 0.3 is 0 Å². The van der Waals surface area contributed by atoms with E-state index in [-0.39, 0.29) is 17.2 Å². The van der Waals surface area contributed by atoms with Gasteiger partial charge in [-0.1, -0.05) is 30.3 Å². The first-order valence-corrected chi connectivity index (χ1v) is 8.37. The normalized spacial score (nSPS) is 10.8. The fraction of sp³-hybridized carbons (Fsp3) is 0.0526. The lowest BCUT2D eigenvalue weighted by Gasteiger charge is -2.03. The summed E-state index contributed by atoms with van der Waals surface area (Å²) in [6, 6.07) is 16.9. The molecule has 0 spiro atoms. The highest BCUT2D eigenvalue weighted by molar-refractivity contribution is 6.03. The van der Waals surface area contributed by atoms with Crippen LogP contribution in [-0.4, -0.2) is 30.4 Å². The van der Waals surface area contributed by atoms with E-state index >= 15 is 0 Å². The molecular weight excluding hydrogens is 360 g/mol. The molecule has 0 saturated heterocycles. The quantitative estimate of drug-likeness (QED) is 0.433. The van der Waals surface area contributed by atoms with E-state index in [4.69, 9.17) is 0 Å². The van der Waals surface area contributed by atoms with Gasteiger partial charge in [-0.2, -0.15) is 9.50 Å². The van der Waals surface area contributed by atoms with E-state index in [1.54, 1.807) is 0 Å². The minimum atomic E-state index is -0.524. The predicted molar refractivity (Wildman–Crippen MR) is 102 cm³/mol. The molecule has 138 valence electrons. The van der Waals surface area contributed by atoms with Gasteiger partial charge in [0.1, 0.15) is 0 Å². The number of hydrogen-bond donors (Lipinski definition) is 1. The number of benzene rings is 2. The molecule has 0 aliphatic heterocycles. The number of non-ortho nitro benzene ring substituents is 1. The summed E-state index contributed by atoms with van der Waals surface area (Å²) in [7, 11) is 0. The van der Waals surface area contributed by atoms with E-state index < -0.39 is 10.8 Å². The summed E-state index contributed by atoms with van der Waals surface area (Å²) in [4.78, 5) is 31.3. The van der Waals surface area contributed by atoms with E-state index in [0.29, 0.717) is 5.78 Å². The number of carbonyl (C=O) groups excluding carboxylic acids is 1. The molecule has 0 saturated carbocycles. The Balaban J connectivity index is 1.62. The molecule has 0 bridgehead atoms. The van der Waals surface area contributed by atoms with Crippen molar-refractivity contribution in [1.29, 1.82) is 0 Å². The lowest BCUT2D eigenvalue weighted by Crippen LogP contribution is -2.13. The highest BCUT2D eigenvalue weighted by Gasteiger charge is 2.14. The molecule has 4 rings (SSSR count). The number of aromatic nitrogens is 4. The van der Waals surface area contributed by atoms with Crippen LogP contribution < -0.4 is 5.32 Å². The Morgan fingerprint density at radius 3 is 2.46 bits per heavy atom. The Bertz CT molecular complexity index is 1190. The van der Waals surface area contributed by atoms with E-state index in [0.717, 1.165) is 17.0 Å². The van der Waals surface area contributed by atoms with Crippen LogP contribution in [0.1, 0.15) is 16.1 Å². The molecule has 1 amide bonds. The van der Waals surface area contributed by atoms with Crippen LogP contribution >= 0.6 is 0 Å². The van der Waals surface area contributed by atoms with E-state index in [1.807, 2.05) is 43.3 Å². The molecule has 2 aromatic carbocycles. The highest BCUT2D eigenvalue weighted by Crippen LogP contribution is 2.19. The zero-order valence-corrected chi connectivity index (χ0v) is 14.7. The maximum atomic E-state index is 12.4. The number of nitrogens with one attached hydrogen (secondary N) is 1. The van der Waals surface area contributed by atoms with Crippen LogP contribution in [0.2, 0.25) is 0 Å². The van der Waals surface area contributed by atoms with Gasteiger partial charge in [-0.05, 0) is 25.1 Å². The number of hydrogen-bond acceptors (Lipinski definition) is 6. The molecule has 0 fully saturated rings. The number of carbonyl (C=O) groups is 1. The van der Waals surface area contributed by atoms with Crippen molar-refractivity contribution < 1.29 is 9.72 Å². The smallest absolute Gasteiger partial charge is 0.269 e. The van der Waals surface area contributed by atoms with Gasteiger partial charge in [0.2, 0.25) is 0 Å². The van der Waals surface area contributed by atoms with Gasteiger partial charge < -0.3 is 0 Å². The number of fused-ring (bicyclic) bond motifs is 1. The third-order valence-corrected chi connectivity index (χ3v) is 4.13. The molecule has 2 heterocycles. The second kappa shape index (κ2) is 6.88. The fourth-order valence-electron chi connectivity index (χ4n) is 2.73. The molecule has 0 atom stereocenters. The lowest BCUT2D eigenvalue weighted by molar-refractivity contribution is -0.384. The lowest BCUT2D eigenvalue weighted by atomic mass is 10.1. The molecule has 2 aromatic heterocycles. The molecule has 4 aromatic rings. The van der Waals surface area contributed by atoms with E-state index in [1.165, 1.54) is 28.8 Å². The van der Waals surface area contributed by atoms with Crippen molar-refractivity contribution in [2.45, 2.75) is 6.92 Å². The second-order valence-corrected chi connectivity index (χ2v) is 6.05. The molecule has 0 aliphatic carbocycles. The zero-order chi connectivity index (χ0) is 19.7. The number of anilines is 1. The van der Waals surface area contributed by atoms with Crippen LogP contribution in [0.15, 0.2) is 60.7 Å². The van der Waals surface area contributed by atoms with Gasteiger partial charge in [0.05, 0.1) is 10.6 Å². The first-order valence-electron chi connectivity index (χ1n) is 8.37. The van der Waals surface area contributed by atoms with Crippen molar-refractivity contribution in [2.24, 2.45) is 0 Å². The Kier molecular flexibility index (Phi) is 4.24. The van der Waals surface area contributed by atoms with Crippen molar-refractivity contribution in [1.82, 2.24) is 19.6 Å². The first-order chi connectivity index (χ1) is 13.5. The molecular formula is C19H14N6O3. The Labute approximate surface area is 158 Å². The van der Waals surface area contributed by atoms with Crippen LogP contribution in [0, 0.1) is 17.0 Å². The molecule has 0 unspecified atom stereocenters. The molecule has 1 N–H and O–H groups in total. The first kappa shape index (κ1) is 17.3. The standard InChI is InChI=1S/C19H14N6O3/c1-12-11-16(13-5-3-2-4-6-13)20-19-22-18(23-24(12)19)21-17(26)14-7-9-15(10-8-14)25(27)28/h2-11H,1H3,(H,21,23,26). The number of nitro groups is 1. The van der Waals surface area contributed by atoms with Crippen LogP contribution in [0.5, 0.6) is 0 Å². The summed E-state index contributed by atoms with van der Waals surface area (Å²) in [5.41, 5.74) is 2.70. The molecule has 28 heavy (non-hydrogen) atoms. The van der Waals surface area contributed by atoms with E-state index in [9.17, 15) is 14.9 Å². The number of amides is 1. The largest absolute Gasteiger partial charge is 0.289 e. The molecule has 0 aliphatic rings. The van der Waals surface area contributed by atoms with Crippen molar-refractivity contribution in [3.05, 3.63) is 82.0 Å². The SMILES string of the molecule is Cc1cc(-c2ccccc2)nc2nc(NC(=O)c3ccc([N+](=O)[O-])cc3)nn12. The Morgan fingerprint density at radius 2 is 1.79 bits per heavy atom. The molecule has 0 radical (unpaired) electrons. The third kappa shape index (κ3) is 3.28. The summed E-state index contributed by atoms with van der Waals surface area (Å²) in [5, 5.41) is 17.6. The minimum Gasteiger partial charge on any atom is -0.289 e. The third-order valence-electron chi connectivity index (χ3n) is 4.13. The molecule has 9 nitrogen and oxygen atoms in total. The Hall–Kier alpha value is -4.14. The van der Waals surface area contributed by atoms with Crippen molar-refractivity contribution in [2.75, 3.05) is 5.32 Å². The highest BCUT2D eigenvalue weighted by atomic mass is 16.6. The second-order valence-electron chi connectivity index (χ2n) is 6.05. The number of rotatable bonds is 4. The van der Waals surface area contributed by atoms with Crippen molar-refractivity contribution in [3.8, 4) is 11.3 Å². The van der Waals surface area contributed by atoms with Gasteiger partial charge in [-0.3, -0.25) is 20.2 Å². The van der Waals surface area contributed by atoms with Gasteiger partial charge in [0, 0.05) is 29.0 Å². The predicted octanol–water partition coefficient (Wildman–Crippen LogP) is 3.26. The van der Waals surface area contributed by atoms with Crippen molar-refractivity contribution in [3.63, 3.8) is 0 Å². The van der Waals surface area contributed by atoms with Gasteiger partial charge in [0.25, 0.3) is 23.3 Å². The summed E-state index contributed by atoms with van der Waals surface area (Å²) in [6.45, 7) is 1.87. The van der Waals surface area contributed by atoms with Crippen LogP contribution in [-0.2, 0) is 0 Å². The van der Waals surface area contributed by atoms with Gasteiger partial charge in [-0.15, -0.1) is 5.10 Å². The zero-order valence-electron chi connectivity index (χ0n) is 14.7. The minimum absolute atomic E-state index is 0.0873. The average Bonchev–Trinajstić information content (AvgIpc) is 3.11. The van der Waals surface area contributed by atoms with Gasteiger partial charge in [0.15, 0.2) is 0 Å². The summed E-state index contributed by atoms with van der Waals surface area (Å²) in [6.07, 6.45) is 0. The van der Waals surface area contributed by atoms with Crippen LogP contribution in [0.25, 0.3) is 17.0 Å². The van der Waals surface area contributed by atoms with Crippen LogP contribution in [0.4, 0.5) is 11.6 Å². The van der Waals surface area contributed by atoms with Crippen molar-refractivity contribution >= 4 is 23.3 Å². The van der Waals surface area contributed by atoms with Crippen LogP contribution in [0.3, 0.4) is 0 Å². The fourth-order valence-corrected chi connectivity index (χ4v) is 2.73. The van der Waals surface area contributed by atoms with Gasteiger partial charge in [-0.25, -0.2) is 4.98 Å². The topological polar surface area (TPSA) is 115 Å². The summed E-state index contributed by atoms with van der Waals surface area (Å²) < 4.78 is 1.54. The number of nitro benzene ring substituents is 1. The summed E-state index contributed by atoms with van der Waals surface area (Å²) in [5.74, 6) is -0.00578. The Morgan fingerprint density at radius 1 is 1.07 bits per heavy atom.